The van der Waals surface area contributed by atoms with Gasteiger partial charge in [0.1, 0.15) is 0 Å². The van der Waals surface area contributed by atoms with Crippen LogP contribution in [0.25, 0.3) is 0 Å². The van der Waals surface area contributed by atoms with E-state index in [2.05, 4.69) is 0 Å². The van der Waals surface area contributed by atoms with E-state index < -0.39 is 0 Å². The number of alkyl halides is 1. The Hall–Kier alpha value is -0.770. The van der Waals surface area contributed by atoms with E-state index in [0.717, 1.165) is 5.56 Å². The molecule has 1 amide bonds. The average molecular weight is 288 g/mol. The Morgan fingerprint density at radius 2 is 2.22 bits per heavy atom. The maximum Gasteiger partial charge on any atom is 0.227 e. The van der Waals surface area contributed by atoms with Gasteiger partial charge in [0.05, 0.1) is 25.0 Å². The van der Waals surface area contributed by atoms with Gasteiger partial charge < -0.3 is 9.64 Å². The first-order valence-corrected chi connectivity index (χ1v) is 6.80. The molecular formula is C13H15Cl2NO2. The van der Waals surface area contributed by atoms with Crippen LogP contribution in [0.4, 0.5) is 0 Å². The molecule has 1 aromatic carbocycles. The molecule has 1 aromatic rings. The monoisotopic (exact) mass is 287 g/mol. The van der Waals surface area contributed by atoms with Crippen LogP contribution in [0.1, 0.15) is 5.56 Å². The number of hydrogen-bond donors (Lipinski definition) is 0. The molecule has 0 bridgehead atoms. The molecule has 1 saturated heterocycles. The molecule has 5 heteroatoms. The summed E-state index contributed by atoms with van der Waals surface area (Å²) in [6, 6.07) is 7.41. The quantitative estimate of drug-likeness (QED) is 0.799. The van der Waals surface area contributed by atoms with Gasteiger partial charge in [0, 0.05) is 18.1 Å². The van der Waals surface area contributed by atoms with Gasteiger partial charge in [0.2, 0.25) is 5.91 Å². The number of hydrogen-bond acceptors (Lipinski definition) is 2. The molecule has 98 valence electrons. The van der Waals surface area contributed by atoms with Crippen molar-refractivity contribution in [3.8, 4) is 0 Å². The van der Waals surface area contributed by atoms with Crippen molar-refractivity contribution in [3.05, 3.63) is 34.9 Å². The van der Waals surface area contributed by atoms with Crippen LogP contribution in [0.2, 0.25) is 5.02 Å². The van der Waals surface area contributed by atoms with Gasteiger partial charge in [-0.1, -0.05) is 29.8 Å². The van der Waals surface area contributed by atoms with Crippen LogP contribution in [0.5, 0.6) is 0 Å². The van der Waals surface area contributed by atoms with Gasteiger partial charge in [-0.2, -0.15) is 0 Å². The van der Waals surface area contributed by atoms with Gasteiger partial charge in [-0.3, -0.25) is 4.79 Å². The van der Waals surface area contributed by atoms with Crippen LogP contribution in [-0.4, -0.2) is 42.5 Å². The minimum atomic E-state index is -0.0596. The van der Waals surface area contributed by atoms with Gasteiger partial charge >= 0.3 is 0 Å². The molecule has 1 aliphatic heterocycles. The van der Waals surface area contributed by atoms with Gasteiger partial charge in [0.25, 0.3) is 0 Å². The average Bonchev–Trinajstić information content (AvgIpc) is 2.41. The topological polar surface area (TPSA) is 29.5 Å². The van der Waals surface area contributed by atoms with E-state index in [1.165, 1.54) is 0 Å². The normalized spacial score (nSPS) is 19.9. The summed E-state index contributed by atoms with van der Waals surface area (Å²) >= 11 is 11.8. The van der Waals surface area contributed by atoms with E-state index in [9.17, 15) is 4.79 Å². The van der Waals surface area contributed by atoms with Crippen molar-refractivity contribution in [1.82, 2.24) is 4.90 Å². The van der Waals surface area contributed by atoms with Crippen molar-refractivity contribution in [2.75, 3.05) is 25.6 Å². The molecule has 0 spiro atoms. The second-order valence-corrected chi connectivity index (χ2v) is 4.97. The SMILES string of the molecule is O=C(Cc1ccccc1Cl)N1CCOC(CCl)C1. The molecule has 18 heavy (non-hydrogen) atoms. The molecule has 1 heterocycles. The zero-order chi connectivity index (χ0) is 13.0. The zero-order valence-electron chi connectivity index (χ0n) is 9.94. The Bertz CT molecular complexity index is 425. The number of carbonyl (C=O) groups excluding carboxylic acids is 1. The molecule has 3 nitrogen and oxygen atoms in total. The largest absolute Gasteiger partial charge is 0.373 e. The molecule has 1 unspecified atom stereocenters. The van der Waals surface area contributed by atoms with Crippen molar-refractivity contribution in [3.63, 3.8) is 0 Å². The van der Waals surface area contributed by atoms with Gasteiger partial charge in [-0.05, 0) is 11.6 Å². The lowest BCUT2D eigenvalue weighted by molar-refractivity contribution is -0.137. The molecule has 1 fully saturated rings. The second kappa shape index (κ2) is 6.41. The Balaban J connectivity index is 1.97. The summed E-state index contributed by atoms with van der Waals surface area (Å²) in [6.45, 7) is 1.73. The van der Waals surface area contributed by atoms with Gasteiger partial charge in [0.15, 0.2) is 0 Å². The third-order valence-corrected chi connectivity index (χ3v) is 3.68. The lowest BCUT2D eigenvalue weighted by atomic mass is 10.1. The molecule has 1 atom stereocenters. The van der Waals surface area contributed by atoms with Crippen LogP contribution in [0.15, 0.2) is 24.3 Å². The van der Waals surface area contributed by atoms with E-state index in [4.69, 9.17) is 27.9 Å². The molecular weight excluding hydrogens is 273 g/mol. The summed E-state index contributed by atoms with van der Waals surface area (Å²) in [7, 11) is 0. The Morgan fingerprint density at radius 3 is 2.94 bits per heavy atom. The second-order valence-electron chi connectivity index (χ2n) is 4.26. The van der Waals surface area contributed by atoms with Gasteiger partial charge in [-0.25, -0.2) is 0 Å². The predicted octanol–water partition coefficient (Wildman–Crippen LogP) is 2.35. The number of nitrogens with zero attached hydrogens (tertiary/aromatic N) is 1. The van der Waals surface area contributed by atoms with Crippen LogP contribution in [0.3, 0.4) is 0 Å². The highest BCUT2D eigenvalue weighted by Gasteiger charge is 2.23. The summed E-state index contributed by atoms with van der Waals surface area (Å²) in [4.78, 5) is 13.9. The van der Waals surface area contributed by atoms with Crippen LogP contribution < -0.4 is 0 Å². The Morgan fingerprint density at radius 1 is 1.44 bits per heavy atom. The predicted molar refractivity (Wildman–Crippen MR) is 72.2 cm³/mol. The summed E-state index contributed by atoms with van der Waals surface area (Å²) in [6.07, 6.45) is 0.268. The number of halogens is 2. The summed E-state index contributed by atoms with van der Waals surface area (Å²) in [5.74, 6) is 0.483. The number of benzene rings is 1. The number of rotatable bonds is 3. The van der Waals surface area contributed by atoms with Crippen molar-refractivity contribution in [1.29, 1.82) is 0 Å². The molecule has 0 N–H and O–H groups in total. The number of amides is 1. The van der Waals surface area contributed by atoms with Crippen LogP contribution in [0, 0.1) is 0 Å². The molecule has 0 radical (unpaired) electrons. The van der Waals surface area contributed by atoms with Gasteiger partial charge in [-0.15, -0.1) is 11.6 Å². The van der Waals surface area contributed by atoms with E-state index in [1.54, 1.807) is 11.0 Å². The number of ether oxygens (including phenoxy) is 1. The molecule has 0 saturated carbocycles. The number of carbonyl (C=O) groups is 1. The summed E-state index contributed by atoms with van der Waals surface area (Å²) < 4.78 is 5.43. The van der Waals surface area contributed by atoms with Crippen LogP contribution in [-0.2, 0) is 16.0 Å². The smallest absolute Gasteiger partial charge is 0.227 e. The molecule has 0 aromatic heterocycles. The maximum absolute atomic E-state index is 12.1. The van der Waals surface area contributed by atoms with Crippen molar-refractivity contribution >= 4 is 29.1 Å². The van der Waals surface area contributed by atoms with E-state index >= 15 is 0 Å². The first kappa shape index (κ1) is 13.7. The maximum atomic E-state index is 12.1. The molecule has 2 rings (SSSR count). The lowest BCUT2D eigenvalue weighted by Gasteiger charge is -2.32. The fourth-order valence-electron chi connectivity index (χ4n) is 1.96. The first-order valence-electron chi connectivity index (χ1n) is 5.89. The van der Waals surface area contributed by atoms with E-state index in [-0.39, 0.29) is 12.0 Å². The Labute approximate surface area is 117 Å². The standard InChI is InChI=1S/C13H15Cl2NO2/c14-8-11-9-16(5-6-18-11)13(17)7-10-3-1-2-4-12(10)15/h1-4,11H,5-9H2. The summed E-state index contributed by atoms with van der Waals surface area (Å²) in [5, 5.41) is 0.632. The fraction of sp³-hybridized carbons (Fsp3) is 0.462. The van der Waals surface area contributed by atoms with Crippen LogP contribution >= 0.6 is 23.2 Å². The highest BCUT2D eigenvalue weighted by molar-refractivity contribution is 6.31. The number of morpholine rings is 1. The zero-order valence-corrected chi connectivity index (χ0v) is 11.5. The third-order valence-electron chi connectivity index (χ3n) is 2.96. The first-order chi connectivity index (χ1) is 8.70. The minimum Gasteiger partial charge on any atom is -0.373 e. The lowest BCUT2D eigenvalue weighted by Crippen LogP contribution is -2.46. The molecule has 1 aliphatic rings. The fourth-order valence-corrected chi connectivity index (χ4v) is 2.34. The molecule has 0 aliphatic carbocycles. The van der Waals surface area contributed by atoms with E-state index in [0.29, 0.717) is 37.0 Å². The minimum absolute atomic E-state index is 0.0596. The Kier molecular flexibility index (Phi) is 4.87. The third kappa shape index (κ3) is 3.37. The highest BCUT2D eigenvalue weighted by Crippen LogP contribution is 2.17. The van der Waals surface area contributed by atoms with Crippen molar-refractivity contribution in [2.24, 2.45) is 0 Å². The van der Waals surface area contributed by atoms with Crippen molar-refractivity contribution < 1.29 is 9.53 Å². The van der Waals surface area contributed by atoms with E-state index in [1.807, 2.05) is 18.2 Å². The highest BCUT2D eigenvalue weighted by atomic mass is 35.5. The summed E-state index contributed by atoms with van der Waals surface area (Å²) in [5.41, 5.74) is 0.859. The van der Waals surface area contributed by atoms with Crippen molar-refractivity contribution in [2.45, 2.75) is 12.5 Å².